The summed E-state index contributed by atoms with van der Waals surface area (Å²) in [5.41, 5.74) is 0.855. The molecule has 0 unspecified atom stereocenters. The monoisotopic (exact) mass is 419 g/mol. The van der Waals surface area contributed by atoms with Crippen molar-refractivity contribution in [2.45, 2.75) is 55.6 Å². The highest BCUT2D eigenvalue weighted by Crippen LogP contribution is 2.37. The van der Waals surface area contributed by atoms with Crippen LogP contribution in [0.15, 0.2) is 35.4 Å². The Labute approximate surface area is 171 Å². The number of pyridine rings is 1. The number of carbonyl (C=O) groups excluding carboxylic acids is 1. The van der Waals surface area contributed by atoms with Crippen LogP contribution in [0.4, 0.5) is 13.2 Å². The molecule has 1 heterocycles. The zero-order valence-electron chi connectivity index (χ0n) is 16.0. The van der Waals surface area contributed by atoms with Crippen molar-refractivity contribution in [3.05, 3.63) is 58.3 Å². The molecule has 0 saturated heterocycles. The number of hydrogen-bond donors (Lipinski definition) is 1. The third-order valence-corrected chi connectivity index (χ3v) is 5.96. The summed E-state index contributed by atoms with van der Waals surface area (Å²) >= 11 is 0.872. The van der Waals surface area contributed by atoms with Gasteiger partial charge >= 0.3 is 6.18 Å². The highest BCUT2D eigenvalue weighted by atomic mass is 32.2. The quantitative estimate of drug-likeness (QED) is 0.712. The lowest BCUT2D eigenvalue weighted by molar-refractivity contribution is -0.138. The van der Waals surface area contributed by atoms with Crippen molar-refractivity contribution in [1.82, 2.24) is 10.3 Å². The third kappa shape index (κ3) is 4.73. The molecule has 1 amide bonds. The van der Waals surface area contributed by atoms with E-state index in [1.54, 1.807) is 13.0 Å². The molecule has 29 heavy (non-hydrogen) atoms. The summed E-state index contributed by atoms with van der Waals surface area (Å²) in [6.07, 6.45) is -1.93. The summed E-state index contributed by atoms with van der Waals surface area (Å²) in [4.78, 5) is 16.8. The molecule has 1 aromatic carbocycles. The Morgan fingerprint density at radius 1 is 1.38 bits per heavy atom. The molecule has 0 saturated carbocycles. The van der Waals surface area contributed by atoms with Crippen LogP contribution >= 0.6 is 11.8 Å². The topological polar surface area (TPSA) is 65.8 Å². The van der Waals surface area contributed by atoms with Crippen LogP contribution in [0.25, 0.3) is 0 Å². The standard InChI is InChI=1S/C21H20F3N3OS/c1-12-10-17(21(22,23)24)16(11-25)20(26-12)29-13(2)19(28)27-18-9-5-7-14-6-3-4-8-15(14)18/h3-4,6,8,10,13,18H,5,7,9H2,1-2H3,(H,27,28)/t13-,18-/m1/s1. The van der Waals surface area contributed by atoms with E-state index in [2.05, 4.69) is 10.3 Å². The molecule has 4 nitrogen and oxygen atoms in total. The zero-order chi connectivity index (χ0) is 21.2. The largest absolute Gasteiger partial charge is 0.417 e. The van der Waals surface area contributed by atoms with Gasteiger partial charge in [-0.3, -0.25) is 4.79 Å². The molecule has 0 spiro atoms. The smallest absolute Gasteiger partial charge is 0.348 e. The van der Waals surface area contributed by atoms with Gasteiger partial charge in [0.05, 0.1) is 22.4 Å². The second kappa shape index (κ2) is 8.46. The van der Waals surface area contributed by atoms with Crippen molar-refractivity contribution in [2.75, 3.05) is 0 Å². The molecule has 1 aromatic heterocycles. The van der Waals surface area contributed by atoms with E-state index in [1.165, 1.54) is 12.5 Å². The first kappa shape index (κ1) is 21.2. The first-order chi connectivity index (χ1) is 13.7. The highest BCUT2D eigenvalue weighted by molar-refractivity contribution is 8.00. The number of aryl methyl sites for hydroxylation is 2. The molecule has 3 rings (SSSR count). The molecule has 0 aliphatic heterocycles. The predicted molar refractivity (Wildman–Crippen MR) is 104 cm³/mol. The van der Waals surface area contributed by atoms with E-state index in [0.29, 0.717) is 0 Å². The van der Waals surface area contributed by atoms with Crippen LogP contribution < -0.4 is 5.32 Å². The van der Waals surface area contributed by atoms with Crippen molar-refractivity contribution in [2.24, 2.45) is 0 Å². The van der Waals surface area contributed by atoms with Crippen LogP contribution in [0, 0.1) is 18.3 Å². The number of nitriles is 1. The second-order valence-corrected chi connectivity index (χ2v) is 8.34. The minimum Gasteiger partial charge on any atom is -0.348 e. The maximum atomic E-state index is 13.3. The van der Waals surface area contributed by atoms with Gasteiger partial charge in [-0.1, -0.05) is 36.0 Å². The normalized spacial score (nSPS) is 17.2. The van der Waals surface area contributed by atoms with Crippen LogP contribution in [-0.2, 0) is 17.4 Å². The number of hydrogen-bond acceptors (Lipinski definition) is 4. The lowest BCUT2D eigenvalue weighted by atomic mass is 9.88. The third-order valence-electron chi connectivity index (χ3n) is 4.88. The maximum Gasteiger partial charge on any atom is 0.417 e. The number of amides is 1. The van der Waals surface area contributed by atoms with E-state index in [-0.39, 0.29) is 22.7 Å². The van der Waals surface area contributed by atoms with Gasteiger partial charge in [0.2, 0.25) is 5.91 Å². The average molecular weight is 419 g/mol. The Bertz CT molecular complexity index is 969. The van der Waals surface area contributed by atoms with Crippen LogP contribution in [0.2, 0.25) is 0 Å². The van der Waals surface area contributed by atoms with E-state index in [1.807, 2.05) is 24.3 Å². The lowest BCUT2D eigenvalue weighted by Crippen LogP contribution is -2.36. The van der Waals surface area contributed by atoms with Crippen LogP contribution in [0.3, 0.4) is 0 Å². The molecule has 1 aliphatic carbocycles. The Balaban J connectivity index is 1.79. The van der Waals surface area contributed by atoms with Crippen LogP contribution in [0.1, 0.15) is 53.8 Å². The number of carbonyl (C=O) groups is 1. The summed E-state index contributed by atoms with van der Waals surface area (Å²) in [7, 11) is 0. The van der Waals surface area contributed by atoms with E-state index in [4.69, 9.17) is 0 Å². The number of halogens is 3. The first-order valence-electron chi connectivity index (χ1n) is 9.24. The Kier molecular flexibility index (Phi) is 6.18. The summed E-state index contributed by atoms with van der Waals surface area (Å²) in [6, 6.07) is 10.3. The molecule has 0 fully saturated rings. The average Bonchev–Trinajstić information content (AvgIpc) is 2.67. The number of benzene rings is 1. The van der Waals surface area contributed by atoms with Gasteiger partial charge in [-0.25, -0.2) is 4.98 Å². The fourth-order valence-corrected chi connectivity index (χ4v) is 4.46. The van der Waals surface area contributed by atoms with Gasteiger partial charge in [-0.05, 0) is 50.3 Å². The van der Waals surface area contributed by atoms with E-state index in [0.717, 1.165) is 42.7 Å². The number of nitrogens with zero attached hydrogens (tertiary/aromatic N) is 2. The van der Waals surface area contributed by atoms with Gasteiger partial charge in [-0.2, -0.15) is 18.4 Å². The van der Waals surface area contributed by atoms with Crippen molar-refractivity contribution < 1.29 is 18.0 Å². The van der Waals surface area contributed by atoms with Gasteiger partial charge in [-0.15, -0.1) is 0 Å². The molecular weight excluding hydrogens is 399 g/mol. The second-order valence-electron chi connectivity index (χ2n) is 7.01. The summed E-state index contributed by atoms with van der Waals surface area (Å²) in [5.74, 6) is -0.294. The first-order valence-corrected chi connectivity index (χ1v) is 10.1. The number of thioether (sulfide) groups is 1. The molecule has 8 heteroatoms. The van der Waals surface area contributed by atoms with E-state index in [9.17, 15) is 23.2 Å². The SMILES string of the molecule is Cc1cc(C(F)(F)F)c(C#N)c(S[C@H](C)C(=O)N[C@@H]2CCCc3ccccc32)n1. The minimum absolute atomic E-state index is 0.0773. The van der Waals surface area contributed by atoms with E-state index < -0.39 is 22.6 Å². The maximum absolute atomic E-state index is 13.3. The molecule has 0 radical (unpaired) electrons. The van der Waals surface area contributed by atoms with Crippen LogP contribution in [-0.4, -0.2) is 16.1 Å². The summed E-state index contributed by atoms with van der Waals surface area (Å²) < 4.78 is 39.8. The van der Waals surface area contributed by atoms with Gasteiger partial charge in [0, 0.05) is 5.69 Å². The Hall–Kier alpha value is -2.53. The van der Waals surface area contributed by atoms with Crippen molar-refractivity contribution in [3.8, 4) is 6.07 Å². The number of aromatic nitrogens is 1. The van der Waals surface area contributed by atoms with Crippen molar-refractivity contribution in [3.63, 3.8) is 0 Å². The summed E-state index contributed by atoms with van der Waals surface area (Å²) in [5, 5.41) is 11.5. The summed E-state index contributed by atoms with van der Waals surface area (Å²) in [6.45, 7) is 3.04. The molecule has 0 bridgehead atoms. The Morgan fingerprint density at radius 3 is 2.79 bits per heavy atom. The molecule has 152 valence electrons. The van der Waals surface area contributed by atoms with Crippen LogP contribution in [0.5, 0.6) is 0 Å². The van der Waals surface area contributed by atoms with Gasteiger partial charge < -0.3 is 5.32 Å². The van der Waals surface area contributed by atoms with Gasteiger partial charge in [0.15, 0.2) is 0 Å². The van der Waals surface area contributed by atoms with Crippen molar-refractivity contribution >= 4 is 17.7 Å². The fraction of sp³-hybridized carbons (Fsp3) is 0.381. The number of rotatable bonds is 4. The zero-order valence-corrected chi connectivity index (χ0v) is 16.8. The molecule has 1 aliphatic rings. The molecule has 2 aromatic rings. The Morgan fingerprint density at radius 2 is 2.10 bits per heavy atom. The minimum atomic E-state index is -4.66. The highest BCUT2D eigenvalue weighted by Gasteiger charge is 2.36. The number of alkyl halides is 3. The molecular formula is C21H20F3N3OS. The lowest BCUT2D eigenvalue weighted by Gasteiger charge is -2.27. The molecule has 1 N–H and O–H groups in total. The fourth-order valence-electron chi connectivity index (χ4n) is 3.48. The van der Waals surface area contributed by atoms with Gasteiger partial charge in [0.1, 0.15) is 11.1 Å². The predicted octanol–water partition coefficient (Wildman–Crippen LogP) is 4.95. The number of nitrogens with one attached hydrogen (secondary N) is 1. The van der Waals surface area contributed by atoms with E-state index >= 15 is 0 Å². The van der Waals surface area contributed by atoms with Crippen molar-refractivity contribution in [1.29, 1.82) is 5.26 Å². The number of fused-ring (bicyclic) bond motifs is 1. The molecule has 2 atom stereocenters. The van der Waals surface area contributed by atoms with Gasteiger partial charge in [0.25, 0.3) is 0 Å².